The van der Waals surface area contributed by atoms with E-state index in [2.05, 4.69) is 22.3 Å². The van der Waals surface area contributed by atoms with Crippen LogP contribution in [0.4, 0.5) is 5.69 Å². The predicted octanol–water partition coefficient (Wildman–Crippen LogP) is 3.98. The van der Waals surface area contributed by atoms with Crippen molar-refractivity contribution in [3.63, 3.8) is 0 Å². The molecule has 0 aromatic heterocycles. The number of benzene rings is 2. The van der Waals surface area contributed by atoms with E-state index in [1.165, 1.54) is 35.8 Å². The fourth-order valence-corrected chi connectivity index (χ4v) is 6.23. The standard InChI is InChI=1S/C26H35N3O3S/c1-20-5-10-25(19-21(20)2)33(31,32)29-17-12-23(13-18-29)26(30)27-24-8-6-22(7-9-24)11-16-28-14-3-4-15-28/h5-10,19,23H,3-4,11-18H2,1-2H3,(H,27,30). The van der Waals surface area contributed by atoms with Crippen molar-refractivity contribution >= 4 is 21.6 Å². The fourth-order valence-electron chi connectivity index (χ4n) is 4.67. The van der Waals surface area contributed by atoms with Gasteiger partial charge in [0, 0.05) is 31.2 Å². The number of carbonyl (C=O) groups is 1. The largest absolute Gasteiger partial charge is 0.326 e. The fraction of sp³-hybridized carbons (Fsp3) is 0.500. The topological polar surface area (TPSA) is 69.7 Å². The van der Waals surface area contributed by atoms with E-state index in [1.54, 1.807) is 12.1 Å². The van der Waals surface area contributed by atoms with Crippen molar-refractivity contribution in [2.24, 2.45) is 5.92 Å². The Bertz CT molecular complexity index is 1070. The highest BCUT2D eigenvalue weighted by molar-refractivity contribution is 7.89. The van der Waals surface area contributed by atoms with Crippen LogP contribution < -0.4 is 5.32 Å². The molecule has 0 unspecified atom stereocenters. The maximum Gasteiger partial charge on any atom is 0.243 e. The van der Waals surface area contributed by atoms with E-state index in [1.807, 2.05) is 32.0 Å². The lowest BCUT2D eigenvalue weighted by atomic mass is 9.97. The van der Waals surface area contributed by atoms with Gasteiger partial charge in [-0.25, -0.2) is 8.42 Å². The number of amides is 1. The van der Waals surface area contributed by atoms with Gasteiger partial charge in [0.05, 0.1) is 4.90 Å². The molecule has 0 radical (unpaired) electrons. The van der Waals surface area contributed by atoms with E-state index >= 15 is 0 Å². The Labute approximate surface area is 198 Å². The first-order valence-electron chi connectivity index (χ1n) is 12.0. The predicted molar refractivity (Wildman–Crippen MR) is 132 cm³/mol. The zero-order valence-corrected chi connectivity index (χ0v) is 20.5. The maximum atomic E-state index is 13.0. The van der Waals surface area contributed by atoms with Crippen LogP contribution in [0.3, 0.4) is 0 Å². The van der Waals surface area contributed by atoms with Gasteiger partial charge >= 0.3 is 0 Å². The van der Waals surface area contributed by atoms with Crippen LogP contribution >= 0.6 is 0 Å². The Kier molecular flexibility index (Phi) is 7.51. The van der Waals surface area contributed by atoms with Gasteiger partial charge in [-0.05, 0) is 100.0 Å². The van der Waals surface area contributed by atoms with Crippen molar-refractivity contribution in [3.8, 4) is 0 Å². The Hall–Kier alpha value is -2.22. The summed E-state index contributed by atoms with van der Waals surface area (Å²) < 4.78 is 27.5. The van der Waals surface area contributed by atoms with E-state index in [0.29, 0.717) is 30.8 Å². The second kappa shape index (κ2) is 10.4. The number of nitrogens with zero attached hydrogens (tertiary/aromatic N) is 2. The summed E-state index contributed by atoms with van der Waals surface area (Å²) in [6.07, 6.45) is 4.71. The smallest absolute Gasteiger partial charge is 0.243 e. The lowest BCUT2D eigenvalue weighted by Crippen LogP contribution is -2.41. The summed E-state index contributed by atoms with van der Waals surface area (Å²) in [5.74, 6) is -0.200. The van der Waals surface area contributed by atoms with Crippen LogP contribution in [0, 0.1) is 19.8 Å². The number of likely N-dealkylation sites (tertiary alicyclic amines) is 1. The number of hydrogen-bond acceptors (Lipinski definition) is 4. The van der Waals surface area contributed by atoms with Gasteiger partial charge in [0.25, 0.3) is 0 Å². The first-order chi connectivity index (χ1) is 15.8. The number of aryl methyl sites for hydroxylation is 2. The van der Waals surface area contributed by atoms with Crippen LogP contribution in [0.2, 0.25) is 0 Å². The quantitative estimate of drug-likeness (QED) is 0.666. The third-order valence-electron chi connectivity index (χ3n) is 7.08. The summed E-state index contributed by atoms with van der Waals surface area (Å²) >= 11 is 0. The zero-order valence-electron chi connectivity index (χ0n) is 19.7. The van der Waals surface area contributed by atoms with Crippen molar-refractivity contribution in [2.45, 2.75) is 50.8 Å². The molecule has 0 aliphatic carbocycles. The molecule has 1 amide bonds. The zero-order chi connectivity index (χ0) is 23.4. The monoisotopic (exact) mass is 469 g/mol. The van der Waals surface area contributed by atoms with Gasteiger partial charge in [-0.15, -0.1) is 0 Å². The van der Waals surface area contributed by atoms with Crippen molar-refractivity contribution in [1.82, 2.24) is 9.21 Å². The number of piperidine rings is 1. The summed E-state index contributed by atoms with van der Waals surface area (Å²) in [5.41, 5.74) is 4.12. The molecule has 0 spiro atoms. The molecule has 1 N–H and O–H groups in total. The minimum atomic E-state index is -3.53. The minimum Gasteiger partial charge on any atom is -0.326 e. The summed E-state index contributed by atoms with van der Waals surface area (Å²) in [7, 11) is -3.53. The first kappa shape index (κ1) is 23.9. The Morgan fingerprint density at radius 1 is 0.939 bits per heavy atom. The van der Waals surface area contributed by atoms with E-state index in [9.17, 15) is 13.2 Å². The molecule has 33 heavy (non-hydrogen) atoms. The highest BCUT2D eigenvalue weighted by atomic mass is 32.2. The average Bonchev–Trinajstić information content (AvgIpc) is 3.34. The third kappa shape index (κ3) is 5.83. The number of carbonyl (C=O) groups excluding carboxylic acids is 1. The number of hydrogen-bond donors (Lipinski definition) is 1. The normalized spacial score (nSPS) is 18.5. The van der Waals surface area contributed by atoms with Gasteiger partial charge < -0.3 is 10.2 Å². The molecular formula is C26H35N3O3S. The molecule has 178 valence electrons. The summed E-state index contributed by atoms with van der Waals surface area (Å²) in [6.45, 7) is 8.13. The number of rotatable bonds is 7. The summed E-state index contributed by atoms with van der Waals surface area (Å²) in [5, 5.41) is 3.02. The molecule has 2 aliphatic rings. The van der Waals surface area contributed by atoms with Crippen LogP contribution in [0.15, 0.2) is 47.4 Å². The van der Waals surface area contributed by atoms with E-state index in [4.69, 9.17) is 0 Å². The summed E-state index contributed by atoms with van der Waals surface area (Å²) in [6, 6.07) is 13.4. The number of anilines is 1. The summed E-state index contributed by atoms with van der Waals surface area (Å²) in [4.78, 5) is 15.6. The van der Waals surface area contributed by atoms with Gasteiger partial charge in [-0.1, -0.05) is 18.2 Å². The molecule has 2 aromatic carbocycles. The molecule has 0 atom stereocenters. The molecular weight excluding hydrogens is 434 g/mol. The van der Waals surface area contributed by atoms with E-state index in [0.717, 1.165) is 29.8 Å². The number of nitrogens with one attached hydrogen (secondary N) is 1. The van der Waals surface area contributed by atoms with Gasteiger partial charge in [-0.3, -0.25) is 4.79 Å². The molecule has 7 heteroatoms. The molecule has 2 aliphatic heterocycles. The van der Waals surface area contributed by atoms with Gasteiger partial charge in [0.2, 0.25) is 15.9 Å². The van der Waals surface area contributed by atoms with Crippen LogP contribution in [0.5, 0.6) is 0 Å². The van der Waals surface area contributed by atoms with Crippen LogP contribution in [0.1, 0.15) is 42.4 Å². The molecule has 2 fully saturated rings. The highest BCUT2D eigenvalue weighted by Crippen LogP contribution is 2.26. The number of sulfonamides is 1. The van der Waals surface area contributed by atoms with E-state index in [-0.39, 0.29) is 11.8 Å². The first-order valence-corrected chi connectivity index (χ1v) is 13.5. The molecule has 4 rings (SSSR count). The van der Waals surface area contributed by atoms with Gasteiger partial charge in [0.1, 0.15) is 0 Å². The van der Waals surface area contributed by atoms with E-state index < -0.39 is 10.0 Å². The van der Waals surface area contributed by atoms with Crippen LogP contribution in [-0.2, 0) is 21.2 Å². The average molecular weight is 470 g/mol. The van der Waals surface area contributed by atoms with Crippen molar-refractivity contribution < 1.29 is 13.2 Å². The molecule has 2 heterocycles. The second-order valence-corrected chi connectivity index (χ2v) is 11.3. The van der Waals surface area contributed by atoms with Crippen molar-refractivity contribution in [2.75, 3.05) is 38.0 Å². The molecule has 6 nitrogen and oxygen atoms in total. The van der Waals surface area contributed by atoms with Crippen molar-refractivity contribution in [1.29, 1.82) is 0 Å². The lowest BCUT2D eigenvalue weighted by Gasteiger charge is -2.30. The maximum absolute atomic E-state index is 13.0. The SMILES string of the molecule is Cc1ccc(S(=O)(=O)N2CCC(C(=O)Nc3ccc(CCN4CCCC4)cc3)CC2)cc1C. The molecule has 0 bridgehead atoms. The lowest BCUT2D eigenvalue weighted by molar-refractivity contribution is -0.120. The highest BCUT2D eigenvalue weighted by Gasteiger charge is 2.32. The molecule has 2 saturated heterocycles. The molecule has 0 saturated carbocycles. The molecule has 2 aromatic rings. The second-order valence-electron chi connectivity index (χ2n) is 9.41. The van der Waals surface area contributed by atoms with Crippen molar-refractivity contribution in [3.05, 3.63) is 59.2 Å². The third-order valence-corrected chi connectivity index (χ3v) is 8.97. The Morgan fingerprint density at radius 3 is 2.24 bits per heavy atom. The van der Waals surface area contributed by atoms with Crippen LogP contribution in [-0.4, -0.2) is 56.3 Å². The van der Waals surface area contributed by atoms with Gasteiger partial charge in [0.15, 0.2) is 0 Å². The van der Waals surface area contributed by atoms with Gasteiger partial charge in [-0.2, -0.15) is 4.31 Å². The Morgan fingerprint density at radius 2 is 1.61 bits per heavy atom. The van der Waals surface area contributed by atoms with Crippen LogP contribution in [0.25, 0.3) is 0 Å². The minimum absolute atomic E-state index is 0.0250. The Balaban J connectivity index is 1.28.